The van der Waals surface area contributed by atoms with E-state index in [1.54, 1.807) is 37.4 Å². The lowest BCUT2D eigenvalue weighted by molar-refractivity contribution is 0.0103. The number of fused-ring (bicyclic) bond motifs is 1. The molecule has 0 atom stereocenters. The van der Waals surface area contributed by atoms with E-state index in [4.69, 9.17) is 43.0 Å². The number of methoxy groups -OCH3 is 3. The zero-order chi connectivity index (χ0) is 23.6. The van der Waals surface area contributed by atoms with Gasteiger partial charge in [0, 0.05) is 44.1 Å². The molecular formula is C24H28O9. The Balaban J connectivity index is 2.02. The molecule has 0 unspecified atom stereocenters. The molecule has 0 aromatic heterocycles. The molecule has 33 heavy (non-hydrogen) atoms. The minimum atomic E-state index is -0.126. The molecule has 9 nitrogen and oxygen atoms in total. The fourth-order valence-electron chi connectivity index (χ4n) is 3.09. The molecule has 1 aliphatic heterocycles. The average molecular weight is 460 g/mol. The molecule has 9 heteroatoms. The highest BCUT2D eigenvalue weighted by atomic mass is 16.7. The SMILES string of the molecule is C=C1C(OCOC)=C(c2ccc(OCCO)c(OCOC)c2)Oc2cc(OCOC)ccc21. The summed E-state index contributed by atoms with van der Waals surface area (Å²) in [6, 6.07) is 10.6. The van der Waals surface area contributed by atoms with Gasteiger partial charge in [-0.05, 0) is 30.3 Å². The van der Waals surface area contributed by atoms with Gasteiger partial charge in [0.25, 0.3) is 0 Å². The van der Waals surface area contributed by atoms with E-state index in [2.05, 4.69) is 6.58 Å². The first-order valence-electron chi connectivity index (χ1n) is 10.1. The number of benzene rings is 2. The summed E-state index contributed by atoms with van der Waals surface area (Å²) < 4.78 is 43.9. The van der Waals surface area contributed by atoms with E-state index in [-0.39, 0.29) is 33.6 Å². The molecule has 0 bridgehead atoms. The van der Waals surface area contributed by atoms with Crippen molar-refractivity contribution < 1.29 is 43.0 Å². The number of hydrogen-bond donors (Lipinski definition) is 1. The first-order valence-corrected chi connectivity index (χ1v) is 10.1. The fraction of sp³-hybridized carbons (Fsp3) is 0.333. The van der Waals surface area contributed by atoms with Gasteiger partial charge in [0.2, 0.25) is 0 Å². The smallest absolute Gasteiger partial charge is 0.188 e. The van der Waals surface area contributed by atoms with E-state index < -0.39 is 0 Å². The first kappa shape index (κ1) is 24.4. The summed E-state index contributed by atoms with van der Waals surface area (Å²) in [5.74, 6) is 2.85. The van der Waals surface area contributed by atoms with Crippen LogP contribution in [0.5, 0.6) is 23.0 Å². The highest BCUT2D eigenvalue weighted by Gasteiger charge is 2.27. The standard InChI is InChI=1S/C24H28O9/c1-16-19-7-6-18(30-13-26-2)12-21(19)33-24(23(16)32-15-28-4)17-5-8-20(29-10-9-25)22(11-17)31-14-27-3/h5-8,11-12,25H,1,9-10,13-15H2,2-4H3. The molecule has 0 amide bonds. The van der Waals surface area contributed by atoms with Crippen LogP contribution < -0.4 is 18.9 Å². The second-order valence-electron chi connectivity index (χ2n) is 6.78. The molecule has 1 heterocycles. The third-order valence-electron chi connectivity index (χ3n) is 4.52. The summed E-state index contributed by atoms with van der Waals surface area (Å²) in [7, 11) is 4.60. The zero-order valence-corrected chi connectivity index (χ0v) is 18.9. The number of allylic oxidation sites excluding steroid dienone is 1. The Labute approximate surface area is 192 Å². The Morgan fingerprint density at radius 1 is 0.818 bits per heavy atom. The van der Waals surface area contributed by atoms with Crippen molar-refractivity contribution >= 4 is 11.3 Å². The summed E-state index contributed by atoms with van der Waals surface area (Å²) in [5, 5.41) is 9.09. The highest BCUT2D eigenvalue weighted by Crippen LogP contribution is 2.44. The van der Waals surface area contributed by atoms with Gasteiger partial charge < -0.3 is 43.0 Å². The predicted molar refractivity (Wildman–Crippen MR) is 120 cm³/mol. The van der Waals surface area contributed by atoms with Gasteiger partial charge >= 0.3 is 0 Å². The van der Waals surface area contributed by atoms with Gasteiger partial charge in [0.1, 0.15) is 18.1 Å². The van der Waals surface area contributed by atoms with E-state index in [0.29, 0.717) is 45.7 Å². The van der Waals surface area contributed by atoms with Crippen molar-refractivity contribution in [2.45, 2.75) is 0 Å². The van der Waals surface area contributed by atoms with Gasteiger partial charge in [-0.2, -0.15) is 0 Å². The average Bonchev–Trinajstić information content (AvgIpc) is 2.84. The van der Waals surface area contributed by atoms with Gasteiger partial charge in [-0.1, -0.05) is 6.58 Å². The minimum absolute atomic E-state index is 0.0102. The first-order chi connectivity index (χ1) is 16.1. The third-order valence-corrected chi connectivity index (χ3v) is 4.52. The van der Waals surface area contributed by atoms with Crippen LogP contribution in [0.15, 0.2) is 48.7 Å². The molecule has 0 aliphatic carbocycles. The van der Waals surface area contributed by atoms with Crippen molar-refractivity contribution in [3.05, 3.63) is 59.9 Å². The molecule has 1 N–H and O–H groups in total. The molecule has 1 aliphatic rings. The van der Waals surface area contributed by atoms with Crippen LogP contribution in [0.1, 0.15) is 11.1 Å². The predicted octanol–water partition coefficient (Wildman–Crippen LogP) is 3.42. The number of rotatable bonds is 13. The zero-order valence-electron chi connectivity index (χ0n) is 18.9. The minimum Gasteiger partial charge on any atom is -0.487 e. The van der Waals surface area contributed by atoms with Crippen LogP contribution in [0.25, 0.3) is 11.3 Å². The largest absolute Gasteiger partial charge is 0.487 e. The van der Waals surface area contributed by atoms with E-state index in [1.807, 2.05) is 6.07 Å². The lowest BCUT2D eigenvalue weighted by Crippen LogP contribution is -2.13. The summed E-state index contributed by atoms with van der Waals surface area (Å²) in [5.41, 5.74) is 2.04. The maximum atomic E-state index is 9.09. The summed E-state index contributed by atoms with van der Waals surface area (Å²) >= 11 is 0. The van der Waals surface area contributed by atoms with E-state index in [1.165, 1.54) is 14.2 Å². The van der Waals surface area contributed by atoms with E-state index in [9.17, 15) is 0 Å². The van der Waals surface area contributed by atoms with Crippen LogP contribution in [-0.4, -0.2) is 60.0 Å². The van der Waals surface area contributed by atoms with Gasteiger partial charge in [-0.3, -0.25) is 0 Å². The molecule has 0 saturated carbocycles. The molecule has 2 aromatic carbocycles. The van der Waals surface area contributed by atoms with Crippen molar-refractivity contribution in [2.24, 2.45) is 0 Å². The molecule has 0 saturated heterocycles. The van der Waals surface area contributed by atoms with Crippen LogP contribution in [0.3, 0.4) is 0 Å². The monoisotopic (exact) mass is 460 g/mol. The summed E-state index contributed by atoms with van der Waals surface area (Å²) in [6.07, 6.45) is 0. The highest BCUT2D eigenvalue weighted by molar-refractivity contribution is 5.90. The van der Waals surface area contributed by atoms with Gasteiger partial charge in [0.05, 0.1) is 6.61 Å². The molecule has 178 valence electrons. The van der Waals surface area contributed by atoms with Crippen molar-refractivity contribution in [1.29, 1.82) is 0 Å². The maximum absolute atomic E-state index is 9.09. The topological polar surface area (TPSA) is 94.1 Å². The number of ether oxygens (including phenoxy) is 8. The van der Waals surface area contributed by atoms with Crippen LogP contribution in [-0.2, 0) is 18.9 Å². The lowest BCUT2D eigenvalue weighted by Gasteiger charge is -2.26. The number of hydrogen-bond acceptors (Lipinski definition) is 9. The molecule has 0 fully saturated rings. The van der Waals surface area contributed by atoms with Gasteiger partial charge in [0.15, 0.2) is 43.4 Å². The molecular weight excluding hydrogens is 432 g/mol. The van der Waals surface area contributed by atoms with Crippen LogP contribution in [0.2, 0.25) is 0 Å². The second-order valence-corrected chi connectivity index (χ2v) is 6.78. The van der Waals surface area contributed by atoms with Crippen LogP contribution in [0, 0.1) is 0 Å². The summed E-state index contributed by atoms with van der Waals surface area (Å²) in [6.45, 7) is 4.33. The van der Waals surface area contributed by atoms with Crippen LogP contribution >= 0.6 is 0 Å². The van der Waals surface area contributed by atoms with Crippen molar-refractivity contribution in [3.63, 3.8) is 0 Å². The normalized spacial score (nSPS) is 12.8. The Hall–Kier alpha value is -3.24. The Morgan fingerprint density at radius 2 is 1.55 bits per heavy atom. The van der Waals surface area contributed by atoms with Gasteiger partial charge in [-0.25, -0.2) is 0 Å². The van der Waals surface area contributed by atoms with E-state index >= 15 is 0 Å². The number of aliphatic hydroxyl groups excluding tert-OH is 1. The van der Waals surface area contributed by atoms with Crippen molar-refractivity contribution in [2.75, 3.05) is 54.9 Å². The lowest BCUT2D eigenvalue weighted by atomic mass is 9.98. The maximum Gasteiger partial charge on any atom is 0.188 e. The Kier molecular flexibility index (Phi) is 8.96. The Morgan fingerprint density at radius 3 is 2.27 bits per heavy atom. The number of aliphatic hydroxyl groups is 1. The molecule has 3 rings (SSSR count). The van der Waals surface area contributed by atoms with E-state index in [0.717, 1.165) is 5.56 Å². The molecule has 0 radical (unpaired) electrons. The quantitative estimate of drug-likeness (QED) is 0.451. The van der Waals surface area contributed by atoms with Gasteiger partial charge in [-0.15, -0.1) is 0 Å². The summed E-state index contributed by atoms with van der Waals surface area (Å²) in [4.78, 5) is 0. The van der Waals surface area contributed by atoms with Crippen molar-refractivity contribution in [3.8, 4) is 23.0 Å². The molecule has 0 spiro atoms. The fourth-order valence-corrected chi connectivity index (χ4v) is 3.09. The Bertz CT molecular complexity index is 984. The third kappa shape index (κ3) is 5.96. The van der Waals surface area contributed by atoms with Crippen LogP contribution in [0.4, 0.5) is 0 Å². The van der Waals surface area contributed by atoms with Crippen molar-refractivity contribution in [1.82, 2.24) is 0 Å². The second kappa shape index (κ2) is 12.1. The molecule has 2 aromatic rings.